The molecule has 3 heterocycles. The van der Waals surface area contributed by atoms with Crippen molar-refractivity contribution < 1.29 is 9.30 Å². The van der Waals surface area contributed by atoms with Crippen LogP contribution in [0.2, 0.25) is 0 Å². The zero-order valence-corrected chi connectivity index (χ0v) is 40.2. The number of fused-ring (bicyclic) bond motifs is 3. The van der Waals surface area contributed by atoms with Gasteiger partial charge in [-0.3, -0.25) is 13.7 Å². The Morgan fingerprint density at radius 3 is 1.72 bits per heavy atom. The van der Waals surface area contributed by atoms with Crippen molar-refractivity contribution in [1.82, 2.24) is 14.1 Å². The van der Waals surface area contributed by atoms with Crippen molar-refractivity contribution in [2.45, 2.75) is 105 Å². The molecule has 5 heteroatoms. The quantitative estimate of drug-likeness (QED) is 0.118. The van der Waals surface area contributed by atoms with E-state index in [4.69, 9.17) is 9.72 Å². The summed E-state index contributed by atoms with van der Waals surface area (Å²) in [6, 6.07) is 54.3. The van der Waals surface area contributed by atoms with E-state index < -0.39 is 0 Å². The summed E-state index contributed by atoms with van der Waals surface area (Å²) in [5.41, 5.74) is 13.1. The topological polar surface area (TPSA) is 35.9 Å². The van der Waals surface area contributed by atoms with Crippen molar-refractivity contribution in [2.75, 3.05) is 0 Å². The van der Waals surface area contributed by atoms with E-state index in [1.807, 2.05) is 6.20 Å². The third kappa shape index (κ3) is 8.53. The van der Waals surface area contributed by atoms with Gasteiger partial charge in [0, 0.05) is 23.0 Å². The van der Waals surface area contributed by atoms with Gasteiger partial charge in [0.2, 0.25) is 0 Å². The van der Waals surface area contributed by atoms with Crippen molar-refractivity contribution in [1.29, 1.82) is 0 Å². The standard InChI is InChI=1S/C60H62N4O/c1-57(2,3)44-29-30-61-54(36-44)64-52-26-20-19-25-50(52)51-28-27-48(38-53(51)64)65-49-34-43(41-23-17-14-18-24-41)33-47(37-49)63-39-62(55(59(7,8)9)56(63)60(10,11)12)46-32-42(40-21-15-13-16-22-40)31-45(35-46)58(4,5)6/h13-38H,1-12H3. The highest BCUT2D eigenvalue weighted by Crippen LogP contribution is 2.40. The highest BCUT2D eigenvalue weighted by atomic mass is 16.5. The number of ether oxygens (including phenoxy) is 1. The summed E-state index contributed by atoms with van der Waals surface area (Å²) < 4.78 is 13.9. The predicted octanol–water partition coefficient (Wildman–Crippen LogP) is 15.4. The summed E-state index contributed by atoms with van der Waals surface area (Å²) >= 11 is 0. The SMILES string of the molecule is CC(C)(C)c1cc(-c2ccccc2)cc(-[n+]2[c-]n(-c3cc(Oc4ccc5c6ccccc6n(-c6cc(C(C)(C)C)ccn6)c5c4)cc(-c4ccccc4)c3)c(C(C)(C)C)c2C(C)(C)C)c1. The van der Waals surface area contributed by atoms with Crippen molar-refractivity contribution in [3.63, 3.8) is 0 Å². The number of pyridine rings is 1. The van der Waals surface area contributed by atoms with Gasteiger partial charge in [-0.25, -0.2) is 4.98 Å². The lowest BCUT2D eigenvalue weighted by Crippen LogP contribution is -2.41. The number of para-hydroxylation sites is 1. The number of hydrogen-bond acceptors (Lipinski definition) is 2. The zero-order chi connectivity index (χ0) is 46.1. The molecule has 0 aliphatic heterocycles. The monoisotopic (exact) mass is 854 g/mol. The van der Waals surface area contributed by atoms with E-state index in [-0.39, 0.29) is 21.7 Å². The van der Waals surface area contributed by atoms with Gasteiger partial charge in [-0.05, 0) is 116 Å². The van der Waals surface area contributed by atoms with Crippen LogP contribution in [-0.4, -0.2) is 14.1 Å². The molecule has 0 saturated carbocycles. The molecule has 0 aliphatic rings. The van der Waals surface area contributed by atoms with Crippen LogP contribution in [0.15, 0.2) is 158 Å². The van der Waals surface area contributed by atoms with Crippen LogP contribution < -0.4 is 9.30 Å². The number of imidazole rings is 1. The smallest absolute Gasteiger partial charge is 0.269 e. The maximum Gasteiger partial charge on any atom is 0.269 e. The average Bonchev–Trinajstić information content (AvgIpc) is 3.85. The predicted molar refractivity (Wildman–Crippen MR) is 270 cm³/mol. The Bertz CT molecular complexity index is 3200. The van der Waals surface area contributed by atoms with Gasteiger partial charge in [0.05, 0.1) is 33.8 Å². The molecule has 65 heavy (non-hydrogen) atoms. The summed E-state index contributed by atoms with van der Waals surface area (Å²) in [7, 11) is 0. The lowest BCUT2D eigenvalue weighted by Gasteiger charge is -2.30. The van der Waals surface area contributed by atoms with Crippen LogP contribution in [0.25, 0.3) is 61.3 Å². The highest BCUT2D eigenvalue weighted by molar-refractivity contribution is 6.09. The minimum absolute atomic E-state index is 0.0231. The van der Waals surface area contributed by atoms with Gasteiger partial charge in [-0.15, -0.1) is 0 Å². The molecule has 0 aliphatic carbocycles. The fourth-order valence-corrected chi connectivity index (χ4v) is 9.11. The maximum atomic E-state index is 7.04. The first-order valence-electron chi connectivity index (χ1n) is 23.0. The minimum Gasteiger partial charge on any atom is -0.458 e. The van der Waals surface area contributed by atoms with Crippen LogP contribution in [0, 0.1) is 6.33 Å². The average molecular weight is 855 g/mol. The summed E-state index contributed by atoms with van der Waals surface area (Å²) in [4.78, 5) is 4.93. The lowest BCUT2D eigenvalue weighted by molar-refractivity contribution is -0.611. The van der Waals surface area contributed by atoms with Gasteiger partial charge in [0.25, 0.3) is 6.33 Å². The Morgan fingerprint density at radius 2 is 1.09 bits per heavy atom. The first-order valence-corrected chi connectivity index (χ1v) is 23.0. The minimum atomic E-state index is -0.255. The summed E-state index contributed by atoms with van der Waals surface area (Å²) in [5.74, 6) is 2.37. The van der Waals surface area contributed by atoms with E-state index >= 15 is 0 Å². The Labute approximate surface area is 386 Å². The van der Waals surface area contributed by atoms with E-state index in [9.17, 15) is 0 Å². The van der Waals surface area contributed by atoms with Crippen LogP contribution in [-0.2, 0) is 21.7 Å². The van der Waals surface area contributed by atoms with Gasteiger partial charge in [-0.1, -0.05) is 168 Å². The second-order valence-electron chi connectivity index (χ2n) is 21.7. The second-order valence-corrected chi connectivity index (χ2v) is 21.7. The molecule has 0 unspecified atom stereocenters. The molecule has 9 aromatic rings. The van der Waals surface area contributed by atoms with Crippen LogP contribution in [0.1, 0.15) is 106 Å². The molecule has 0 saturated heterocycles. The van der Waals surface area contributed by atoms with Gasteiger partial charge in [-0.2, -0.15) is 0 Å². The molecule has 3 aromatic heterocycles. The molecule has 0 amide bonds. The van der Waals surface area contributed by atoms with Crippen LogP contribution in [0.3, 0.4) is 0 Å². The normalized spacial score (nSPS) is 12.6. The summed E-state index contributed by atoms with van der Waals surface area (Å²) in [5, 5.41) is 2.33. The molecule has 0 bridgehead atoms. The first-order chi connectivity index (χ1) is 30.7. The molecule has 5 nitrogen and oxygen atoms in total. The molecule has 328 valence electrons. The summed E-state index contributed by atoms with van der Waals surface area (Å²) in [6.07, 6.45) is 5.90. The van der Waals surface area contributed by atoms with Crippen molar-refractivity contribution in [3.05, 3.63) is 187 Å². The van der Waals surface area contributed by atoms with Crippen LogP contribution in [0.5, 0.6) is 11.5 Å². The summed E-state index contributed by atoms with van der Waals surface area (Å²) in [6.45, 7) is 27.5. The van der Waals surface area contributed by atoms with E-state index in [2.05, 4.69) is 255 Å². The van der Waals surface area contributed by atoms with E-state index in [0.29, 0.717) is 0 Å². The maximum absolute atomic E-state index is 7.04. The third-order valence-electron chi connectivity index (χ3n) is 12.4. The molecule has 6 aromatic carbocycles. The Balaban J connectivity index is 1.25. The van der Waals surface area contributed by atoms with Gasteiger partial charge in [0.15, 0.2) is 0 Å². The number of aromatic nitrogens is 4. The highest BCUT2D eigenvalue weighted by Gasteiger charge is 2.34. The fraction of sp³-hybridized carbons (Fsp3) is 0.267. The van der Waals surface area contributed by atoms with E-state index in [0.717, 1.165) is 56.2 Å². The molecule has 0 atom stereocenters. The molecular formula is C60H62N4O. The third-order valence-corrected chi connectivity index (χ3v) is 12.4. The molecule has 9 rings (SSSR count). The molecule has 0 spiro atoms. The Kier molecular flexibility index (Phi) is 10.8. The van der Waals surface area contributed by atoms with Crippen molar-refractivity contribution in [2.24, 2.45) is 0 Å². The lowest BCUT2D eigenvalue weighted by atomic mass is 9.81. The van der Waals surface area contributed by atoms with Crippen LogP contribution in [0.4, 0.5) is 0 Å². The van der Waals surface area contributed by atoms with Crippen molar-refractivity contribution >= 4 is 21.8 Å². The van der Waals surface area contributed by atoms with Gasteiger partial charge in [0.1, 0.15) is 17.3 Å². The second kappa shape index (κ2) is 16.1. The molecular weight excluding hydrogens is 793 g/mol. The Hall–Kier alpha value is -6.72. The molecule has 0 N–H and O–H groups in total. The van der Waals surface area contributed by atoms with Crippen molar-refractivity contribution in [3.8, 4) is 50.9 Å². The van der Waals surface area contributed by atoms with E-state index in [1.165, 1.54) is 39.0 Å². The van der Waals surface area contributed by atoms with E-state index in [1.54, 1.807) is 0 Å². The number of hydrogen-bond donors (Lipinski definition) is 0. The molecule has 0 fully saturated rings. The van der Waals surface area contributed by atoms with Gasteiger partial charge >= 0.3 is 0 Å². The number of rotatable bonds is 7. The largest absolute Gasteiger partial charge is 0.458 e. The van der Waals surface area contributed by atoms with Gasteiger partial charge < -0.3 is 4.74 Å². The van der Waals surface area contributed by atoms with Crippen LogP contribution >= 0.6 is 0 Å². The Morgan fingerprint density at radius 1 is 0.477 bits per heavy atom. The number of nitrogens with zero attached hydrogens (tertiary/aromatic N) is 4. The molecule has 0 radical (unpaired) electrons. The number of benzene rings is 6. The zero-order valence-electron chi connectivity index (χ0n) is 40.2. The first kappa shape index (κ1) is 43.5. The fourth-order valence-electron chi connectivity index (χ4n) is 9.11.